The van der Waals surface area contributed by atoms with E-state index in [0.717, 1.165) is 5.39 Å². The Kier molecular flexibility index (Phi) is 5.87. The van der Waals surface area contributed by atoms with Crippen LogP contribution in [0.25, 0.3) is 10.9 Å². The van der Waals surface area contributed by atoms with Crippen LogP contribution < -0.4 is 0 Å². The van der Waals surface area contributed by atoms with E-state index in [0.29, 0.717) is 42.6 Å². The van der Waals surface area contributed by atoms with E-state index in [1.165, 1.54) is 0 Å². The molecule has 1 fully saturated rings. The van der Waals surface area contributed by atoms with Crippen molar-refractivity contribution in [1.82, 2.24) is 9.88 Å². The lowest BCUT2D eigenvalue weighted by Gasteiger charge is -2.39. The zero-order chi connectivity index (χ0) is 22.0. The van der Waals surface area contributed by atoms with E-state index in [9.17, 15) is 18.0 Å². The Morgan fingerprint density at radius 2 is 1.74 bits per heavy atom. The maximum Gasteiger partial charge on any atom is 0.253 e. The predicted molar refractivity (Wildman–Crippen MR) is 118 cm³/mol. The molecule has 0 unspecified atom stereocenters. The Hall–Kier alpha value is -3.06. The molecule has 1 aromatic heterocycles. The lowest BCUT2D eigenvalue weighted by Crippen LogP contribution is -2.50. The topological polar surface area (TPSA) is 84.4 Å². The molecule has 3 aromatic rings. The summed E-state index contributed by atoms with van der Waals surface area (Å²) in [5.41, 5.74) is 1.60. The molecule has 2 aromatic carbocycles. The number of pyridine rings is 1. The quantitative estimate of drug-likeness (QED) is 0.564. The van der Waals surface area contributed by atoms with Gasteiger partial charge in [0.25, 0.3) is 5.91 Å². The molecule has 6 nitrogen and oxygen atoms in total. The van der Waals surface area contributed by atoms with Crippen molar-refractivity contribution in [3.63, 3.8) is 0 Å². The van der Waals surface area contributed by atoms with Crippen LogP contribution in [0.3, 0.4) is 0 Å². The Labute approximate surface area is 181 Å². The molecule has 0 aliphatic carbocycles. The van der Waals surface area contributed by atoms with Gasteiger partial charge in [0, 0.05) is 49.0 Å². The van der Waals surface area contributed by atoms with Crippen LogP contribution in [0.4, 0.5) is 0 Å². The second kappa shape index (κ2) is 8.59. The van der Waals surface area contributed by atoms with Gasteiger partial charge in [0.05, 0.1) is 16.2 Å². The highest BCUT2D eigenvalue weighted by atomic mass is 32.2. The van der Waals surface area contributed by atoms with E-state index in [2.05, 4.69) is 4.98 Å². The smallest absolute Gasteiger partial charge is 0.253 e. The van der Waals surface area contributed by atoms with Crippen LogP contribution in [0.1, 0.15) is 35.7 Å². The van der Waals surface area contributed by atoms with Crippen molar-refractivity contribution >= 4 is 32.4 Å². The molecule has 0 radical (unpaired) electrons. The van der Waals surface area contributed by atoms with Crippen molar-refractivity contribution < 1.29 is 18.0 Å². The van der Waals surface area contributed by atoms with Crippen molar-refractivity contribution in [2.24, 2.45) is 5.92 Å². The van der Waals surface area contributed by atoms with Crippen molar-refractivity contribution in [2.45, 2.75) is 30.4 Å². The number of likely N-dealkylation sites (tertiary alicyclic amines) is 1. The Morgan fingerprint density at radius 1 is 1.03 bits per heavy atom. The number of carbonyl (C=O) groups is 2. The van der Waals surface area contributed by atoms with Gasteiger partial charge in [-0.1, -0.05) is 37.3 Å². The molecule has 2 heterocycles. The number of nitrogens with zero attached hydrogens (tertiary/aromatic N) is 2. The molecule has 160 valence electrons. The SMILES string of the molecule is CCC(=O)CC1CN(C(=O)c2ccc(CS(=O)(=O)c3cccc4cccnc34)cc2)C1. The Bertz CT molecular complexity index is 1220. The minimum Gasteiger partial charge on any atom is -0.338 e. The molecule has 0 N–H and O–H groups in total. The summed E-state index contributed by atoms with van der Waals surface area (Å²) in [6.45, 7) is 3.03. The Morgan fingerprint density at radius 3 is 2.45 bits per heavy atom. The molecule has 1 amide bonds. The van der Waals surface area contributed by atoms with Crippen LogP contribution in [-0.4, -0.2) is 43.1 Å². The molecular formula is C24H24N2O4S. The third-order valence-corrected chi connectivity index (χ3v) is 7.36. The third-order valence-electron chi connectivity index (χ3n) is 5.64. The third kappa shape index (κ3) is 4.51. The summed E-state index contributed by atoms with van der Waals surface area (Å²) >= 11 is 0. The largest absolute Gasteiger partial charge is 0.338 e. The lowest BCUT2D eigenvalue weighted by atomic mass is 9.92. The van der Waals surface area contributed by atoms with Gasteiger partial charge in [0.2, 0.25) is 0 Å². The van der Waals surface area contributed by atoms with Gasteiger partial charge in [0.15, 0.2) is 9.84 Å². The molecule has 1 aliphatic rings. The minimum absolute atomic E-state index is 0.0899. The highest BCUT2D eigenvalue weighted by Crippen LogP contribution is 2.25. The van der Waals surface area contributed by atoms with Crippen LogP contribution in [0.2, 0.25) is 0 Å². The van der Waals surface area contributed by atoms with Gasteiger partial charge in [-0.05, 0) is 29.8 Å². The highest BCUT2D eigenvalue weighted by molar-refractivity contribution is 7.90. The number of aromatic nitrogens is 1. The number of para-hydroxylation sites is 1. The first-order valence-electron chi connectivity index (χ1n) is 10.3. The van der Waals surface area contributed by atoms with Crippen LogP contribution >= 0.6 is 0 Å². The molecule has 0 bridgehead atoms. The van der Waals surface area contributed by atoms with Gasteiger partial charge in [-0.2, -0.15) is 0 Å². The first kappa shape index (κ1) is 21.2. The fourth-order valence-electron chi connectivity index (χ4n) is 3.88. The summed E-state index contributed by atoms with van der Waals surface area (Å²) in [4.78, 5) is 30.3. The first-order valence-corrected chi connectivity index (χ1v) is 12.0. The zero-order valence-electron chi connectivity index (χ0n) is 17.3. The zero-order valence-corrected chi connectivity index (χ0v) is 18.1. The summed E-state index contributed by atoms with van der Waals surface area (Å²) in [5.74, 6) is 0.217. The number of fused-ring (bicyclic) bond motifs is 1. The molecule has 0 atom stereocenters. The molecular weight excluding hydrogens is 412 g/mol. The maximum atomic E-state index is 13.0. The molecule has 0 saturated carbocycles. The monoisotopic (exact) mass is 436 g/mol. The molecule has 4 rings (SSSR count). The second-order valence-electron chi connectivity index (χ2n) is 7.96. The molecule has 1 saturated heterocycles. The van der Waals surface area contributed by atoms with Crippen LogP contribution in [0.15, 0.2) is 65.7 Å². The van der Waals surface area contributed by atoms with Gasteiger partial charge >= 0.3 is 0 Å². The van der Waals surface area contributed by atoms with Gasteiger partial charge in [-0.25, -0.2) is 8.42 Å². The summed E-state index contributed by atoms with van der Waals surface area (Å²) < 4.78 is 26.0. The number of hydrogen-bond donors (Lipinski definition) is 0. The van der Waals surface area contributed by atoms with Crippen LogP contribution in [0.5, 0.6) is 0 Å². The van der Waals surface area contributed by atoms with E-state index in [1.54, 1.807) is 53.6 Å². The number of hydrogen-bond acceptors (Lipinski definition) is 5. The summed E-state index contributed by atoms with van der Waals surface area (Å²) in [7, 11) is -3.59. The maximum absolute atomic E-state index is 13.0. The summed E-state index contributed by atoms with van der Waals surface area (Å²) in [6, 6.07) is 15.4. The van der Waals surface area contributed by atoms with Crippen LogP contribution in [0, 0.1) is 5.92 Å². The fourth-order valence-corrected chi connectivity index (χ4v) is 5.42. The molecule has 0 spiro atoms. The number of rotatable bonds is 7. The predicted octanol–water partition coefficient (Wildman–Crippen LogP) is 3.65. The van der Waals surface area contributed by atoms with Gasteiger partial charge in [-0.15, -0.1) is 0 Å². The number of benzene rings is 2. The summed E-state index contributed by atoms with van der Waals surface area (Å²) in [6.07, 6.45) is 2.64. The normalized spacial score (nSPS) is 14.4. The lowest BCUT2D eigenvalue weighted by molar-refractivity contribution is -0.120. The molecule has 1 aliphatic heterocycles. The minimum atomic E-state index is -3.59. The molecule has 7 heteroatoms. The van der Waals surface area contributed by atoms with Gasteiger partial charge < -0.3 is 4.90 Å². The van der Waals surface area contributed by atoms with Gasteiger partial charge in [0.1, 0.15) is 5.78 Å². The van der Waals surface area contributed by atoms with Crippen molar-refractivity contribution in [3.05, 3.63) is 71.9 Å². The molecule has 31 heavy (non-hydrogen) atoms. The standard InChI is InChI=1S/C24H24N2O4S/c1-2-21(27)13-18-14-26(15-18)24(28)20-10-8-17(9-11-20)16-31(29,30)22-7-3-5-19-6-4-12-25-23(19)22/h3-12,18H,2,13-16H2,1H3. The number of Topliss-reactive ketones (excluding diaryl/α,β-unsaturated/α-hetero) is 1. The average molecular weight is 437 g/mol. The van der Waals surface area contributed by atoms with Crippen molar-refractivity contribution in [3.8, 4) is 0 Å². The number of sulfone groups is 1. The van der Waals surface area contributed by atoms with E-state index >= 15 is 0 Å². The van der Waals surface area contributed by atoms with Crippen LogP contribution in [-0.2, 0) is 20.4 Å². The Balaban J connectivity index is 1.44. The highest BCUT2D eigenvalue weighted by Gasteiger charge is 2.32. The summed E-state index contributed by atoms with van der Waals surface area (Å²) in [5, 5.41) is 0.776. The number of carbonyl (C=O) groups excluding carboxylic acids is 2. The number of amides is 1. The second-order valence-corrected chi connectivity index (χ2v) is 9.92. The van der Waals surface area contributed by atoms with Gasteiger partial charge in [-0.3, -0.25) is 14.6 Å². The van der Waals surface area contributed by atoms with E-state index < -0.39 is 9.84 Å². The van der Waals surface area contributed by atoms with E-state index in [-0.39, 0.29) is 28.3 Å². The van der Waals surface area contributed by atoms with E-state index in [4.69, 9.17) is 0 Å². The average Bonchev–Trinajstić information content (AvgIpc) is 2.75. The fraction of sp³-hybridized carbons (Fsp3) is 0.292. The number of ketones is 1. The van der Waals surface area contributed by atoms with Crippen molar-refractivity contribution in [2.75, 3.05) is 13.1 Å². The van der Waals surface area contributed by atoms with E-state index in [1.807, 2.05) is 19.1 Å². The van der Waals surface area contributed by atoms with Crippen molar-refractivity contribution in [1.29, 1.82) is 0 Å². The first-order chi connectivity index (χ1) is 14.9.